The standard InChI is InChI=1S/C29H30F3N5O4S/c1-16-14-35(22(15-38)24-10-9-23(42-24)18(3)39)11-12-36(16)28(40)21-13-33-37-26(29(30,31)32)17(2)25(34-27(21)37)19-5-7-20(41-4)8-6-19/h5-10,13,16,22,38H,11-12,14-15H2,1-4H3/t16-,22?/m1/s1. The Morgan fingerprint density at radius 1 is 1.17 bits per heavy atom. The number of nitrogens with zero attached hydrogens (tertiary/aromatic N) is 5. The van der Waals surface area contributed by atoms with Gasteiger partial charge in [0.15, 0.2) is 17.1 Å². The summed E-state index contributed by atoms with van der Waals surface area (Å²) in [7, 11) is 1.49. The van der Waals surface area contributed by atoms with Crippen LogP contribution in [0, 0.1) is 6.92 Å². The topological polar surface area (TPSA) is 100 Å². The maximum absolute atomic E-state index is 14.3. The van der Waals surface area contributed by atoms with Crippen molar-refractivity contribution in [3.8, 4) is 17.0 Å². The second-order valence-corrected chi connectivity index (χ2v) is 11.4. The number of amides is 1. The van der Waals surface area contributed by atoms with E-state index in [1.165, 1.54) is 32.3 Å². The van der Waals surface area contributed by atoms with Gasteiger partial charge in [-0.1, -0.05) is 0 Å². The minimum atomic E-state index is -4.75. The van der Waals surface area contributed by atoms with E-state index in [1.807, 2.05) is 17.9 Å². The fourth-order valence-electron chi connectivity index (χ4n) is 5.42. The minimum absolute atomic E-state index is 0.0290. The largest absolute Gasteiger partial charge is 0.497 e. The van der Waals surface area contributed by atoms with Crippen LogP contribution in [0.1, 0.15) is 56.1 Å². The first kappa shape index (κ1) is 29.7. The summed E-state index contributed by atoms with van der Waals surface area (Å²) in [5, 5.41) is 14.1. The predicted octanol–water partition coefficient (Wildman–Crippen LogP) is 4.88. The number of aromatic nitrogens is 3. The highest BCUT2D eigenvalue weighted by Gasteiger charge is 2.40. The molecular formula is C29H30F3N5O4S. The van der Waals surface area contributed by atoms with Crippen LogP contribution in [0.5, 0.6) is 5.75 Å². The number of halogens is 3. The zero-order valence-corrected chi connectivity index (χ0v) is 24.3. The molecule has 5 rings (SSSR count). The van der Waals surface area contributed by atoms with Gasteiger partial charge in [-0.25, -0.2) is 9.50 Å². The molecule has 0 spiro atoms. The number of ether oxygens (including phenoxy) is 1. The first-order valence-electron chi connectivity index (χ1n) is 13.3. The third kappa shape index (κ3) is 5.39. The number of hydrogen-bond acceptors (Lipinski definition) is 8. The summed E-state index contributed by atoms with van der Waals surface area (Å²) in [6.07, 6.45) is -3.61. The van der Waals surface area contributed by atoms with E-state index in [2.05, 4.69) is 10.1 Å². The van der Waals surface area contributed by atoms with Crippen LogP contribution in [-0.2, 0) is 6.18 Å². The molecule has 1 fully saturated rings. The number of Topliss-reactive ketones (excluding diaryl/α,β-unsaturated/α-hetero) is 1. The van der Waals surface area contributed by atoms with Crippen LogP contribution in [-0.4, -0.2) is 80.6 Å². The fourth-order valence-corrected chi connectivity index (χ4v) is 6.45. The Balaban J connectivity index is 1.47. The molecule has 4 aromatic rings. The van der Waals surface area contributed by atoms with Crippen molar-refractivity contribution >= 4 is 28.7 Å². The molecule has 13 heteroatoms. The molecule has 1 amide bonds. The van der Waals surface area contributed by atoms with Gasteiger partial charge in [0.25, 0.3) is 5.91 Å². The smallest absolute Gasteiger partial charge is 0.433 e. The van der Waals surface area contributed by atoms with Crippen LogP contribution >= 0.6 is 11.3 Å². The van der Waals surface area contributed by atoms with E-state index in [9.17, 15) is 27.9 Å². The molecular weight excluding hydrogens is 571 g/mol. The molecule has 42 heavy (non-hydrogen) atoms. The molecule has 2 atom stereocenters. The molecule has 9 nitrogen and oxygen atoms in total. The zero-order valence-electron chi connectivity index (χ0n) is 23.5. The number of carbonyl (C=O) groups is 2. The Morgan fingerprint density at radius 2 is 1.88 bits per heavy atom. The van der Waals surface area contributed by atoms with Gasteiger partial charge in [-0.2, -0.15) is 18.3 Å². The van der Waals surface area contributed by atoms with Gasteiger partial charge in [0.05, 0.1) is 36.5 Å². The maximum Gasteiger partial charge on any atom is 0.433 e. The number of methoxy groups -OCH3 is 1. The van der Waals surface area contributed by atoms with Crippen molar-refractivity contribution in [1.82, 2.24) is 24.4 Å². The van der Waals surface area contributed by atoms with Gasteiger partial charge >= 0.3 is 6.18 Å². The number of fused-ring (bicyclic) bond motifs is 1. The van der Waals surface area contributed by atoms with E-state index < -0.39 is 17.8 Å². The molecule has 1 aliphatic rings. The van der Waals surface area contributed by atoms with Crippen LogP contribution in [0.4, 0.5) is 13.2 Å². The Hall–Kier alpha value is -3.81. The van der Waals surface area contributed by atoms with Gasteiger partial charge in [0.1, 0.15) is 11.3 Å². The second kappa shape index (κ2) is 11.5. The Labute approximate surface area is 244 Å². The summed E-state index contributed by atoms with van der Waals surface area (Å²) in [5.41, 5.74) is -0.778. The van der Waals surface area contributed by atoms with Gasteiger partial charge in [0, 0.05) is 41.7 Å². The Bertz CT molecular complexity index is 1630. The van der Waals surface area contributed by atoms with Crippen molar-refractivity contribution < 1.29 is 32.6 Å². The first-order valence-corrected chi connectivity index (χ1v) is 14.1. The summed E-state index contributed by atoms with van der Waals surface area (Å²) >= 11 is 1.33. The van der Waals surface area contributed by atoms with Crippen molar-refractivity contribution in [2.24, 2.45) is 0 Å². The molecule has 222 valence electrons. The molecule has 4 heterocycles. The molecule has 1 N–H and O–H groups in total. The van der Waals surface area contributed by atoms with Gasteiger partial charge in [0.2, 0.25) is 0 Å². The molecule has 0 radical (unpaired) electrons. The van der Waals surface area contributed by atoms with Crippen LogP contribution in [0.3, 0.4) is 0 Å². The highest BCUT2D eigenvalue weighted by molar-refractivity contribution is 7.14. The van der Waals surface area contributed by atoms with E-state index >= 15 is 0 Å². The Kier molecular flexibility index (Phi) is 8.10. The lowest BCUT2D eigenvalue weighted by atomic mass is 10.0. The number of hydrogen-bond donors (Lipinski definition) is 1. The van der Waals surface area contributed by atoms with Crippen LogP contribution in [0.25, 0.3) is 16.9 Å². The van der Waals surface area contributed by atoms with Crippen molar-refractivity contribution in [3.05, 3.63) is 69.2 Å². The third-order valence-electron chi connectivity index (χ3n) is 7.58. The predicted molar refractivity (Wildman–Crippen MR) is 151 cm³/mol. The Morgan fingerprint density at radius 3 is 2.45 bits per heavy atom. The summed E-state index contributed by atoms with van der Waals surface area (Å²) in [6.45, 7) is 5.63. The molecule has 0 bridgehead atoms. The molecule has 3 aromatic heterocycles. The number of thiophene rings is 1. The van der Waals surface area contributed by atoms with Gasteiger partial charge in [-0.15, -0.1) is 11.3 Å². The van der Waals surface area contributed by atoms with E-state index in [-0.39, 0.29) is 53.5 Å². The quantitative estimate of drug-likeness (QED) is 0.302. The number of alkyl halides is 3. The molecule has 1 aromatic carbocycles. The van der Waals surface area contributed by atoms with Gasteiger partial charge in [-0.05, 0) is 57.2 Å². The lowest BCUT2D eigenvalue weighted by Crippen LogP contribution is -2.55. The number of aliphatic hydroxyl groups excluding tert-OH is 1. The monoisotopic (exact) mass is 601 g/mol. The van der Waals surface area contributed by atoms with E-state index in [1.54, 1.807) is 35.2 Å². The summed E-state index contributed by atoms with van der Waals surface area (Å²) in [6, 6.07) is 9.41. The number of ketones is 1. The van der Waals surface area contributed by atoms with E-state index in [4.69, 9.17) is 4.74 Å². The van der Waals surface area contributed by atoms with Gasteiger partial charge < -0.3 is 14.7 Å². The zero-order chi connectivity index (χ0) is 30.3. The maximum atomic E-state index is 14.3. The summed E-state index contributed by atoms with van der Waals surface area (Å²) in [4.78, 5) is 35.2. The first-order chi connectivity index (χ1) is 19.9. The number of piperazine rings is 1. The fraction of sp³-hybridized carbons (Fsp3) is 0.379. The van der Waals surface area contributed by atoms with E-state index in [0.717, 1.165) is 11.1 Å². The van der Waals surface area contributed by atoms with Crippen molar-refractivity contribution in [2.75, 3.05) is 33.4 Å². The molecule has 0 saturated carbocycles. The lowest BCUT2D eigenvalue weighted by Gasteiger charge is -2.42. The van der Waals surface area contributed by atoms with Gasteiger partial charge in [-0.3, -0.25) is 14.5 Å². The minimum Gasteiger partial charge on any atom is -0.497 e. The number of rotatable bonds is 7. The van der Waals surface area contributed by atoms with Crippen LogP contribution < -0.4 is 4.74 Å². The van der Waals surface area contributed by atoms with Crippen molar-refractivity contribution in [1.29, 1.82) is 0 Å². The van der Waals surface area contributed by atoms with E-state index in [0.29, 0.717) is 33.8 Å². The summed E-state index contributed by atoms with van der Waals surface area (Å²) < 4.78 is 48.8. The second-order valence-electron chi connectivity index (χ2n) is 10.3. The average molecular weight is 602 g/mol. The molecule has 0 aliphatic carbocycles. The highest BCUT2D eigenvalue weighted by atomic mass is 32.1. The normalized spacial score (nSPS) is 17.0. The third-order valence-corrected chi connectivity index (χ3v) is 8.87. The van der Waals surface area contributed by atoms with Crippen LogP contribution in [0.2, 0.25) is 0 Å². The number of carbonyl (C=O) groups excluding carboxylic acids is 2. The molecule has 1 aliphatic heterocycles. The number of benzene rings is 1. The van der Waals surface area contributed by atoms with Crippen LogP contribution in [0.15, 0.2) is 42.6 Å². The molecule has 1 saturated heterocycles. The average Bonchev–Trinajstić information content (AvgIpc) is 3.60. The summed E-state index contributed by atoms with van der Waals surface area (Å²) in [5.74, 6) is 0.0225. The SMILES string of the molecule is COc1ccc(-c2nc3c(C(=O)N4CCN(C(CO)c5ccc(C(C)=O)s5)C[C@H]4C)cnn3c(C(F)(F)F)c2C)cc1. The number of aliphatic hydroxyl groups is 1. The lowest BCUT2D eigenvalue weighted by molar-refractivity contribution is -0.143. The molecule has 1 unspecified atom stereocenters. The van der Waals surface area contributed by atoms with Crippen molar-refractivity contribution in [2.45, 2.75) is 39.0 Å². The van der Waals surface area contributed by atoms with Crippen molar-refractivity contribution in [3.63, 3.8) is 0 Å². The highest BCUT2D eigenvalue weighted by Crippen LogP contribution is 2.37.